The third-order valence-electron chi connectivity index (χ3n) is 3.63. The van der Waals surface area contributed by atoms with Gasteiger partial charge in [-0.25, -0.2) is 0 Å². The minimum absolute atomic E-state index is 0.428. The molecule has 1 saturated heterocycles. The number of phenolic OH excluding ortho intramolecular Hbond substituents is 1. The lowest BCUT2D eigenvalue weighted by atomic mass is 9.97. The van der Waals surface area contributed by atoms with Crippen LogP contribution < -0.4 is 5.32 Å². The van der Waals surface area contributed by atoms with Crippen molar-refractivity contribution in [1.29, 1.82) is 0 Å². The molecule has 1 fully saturated rings. The smallest absolute Gasteiger partial charge is 0.119 e. The highest BCUT2D eigenvalue weighted by atomic mass is 16.3. The van der Waals surface area contributed by atoms with Gasteiger partial charge in [-0.15, -0.1) is 0 Å². The number of phenols is 1. The molecule has 1 atom stereocenters. The lowest BCUT2D eigenvalue weighted by Crippen LogP contribution is -2.23. The monoisotopic (exact) mass is 227 g/mol. The Morgan fingerprint density at radius 1 is 1.18 bits per heavy atom. The fourth-order valence-electron chi connectivity index (χ4n) is 2.72. The Kier molecular flexibility index (Phi) is 2.73. The highest BCUT2D eigenvalue weighted by Crippen LogP contribution is 2.29. The van der Waals surface area contributed by atoms with Crippen molar-refractivity contribution in [3.8, 4) is 5.75 Å². The molecule has 3 rings (SSSR count). The highest BCUT2D eigenvalue weighted by molar-refractivity contribution is 5.87. The van der Waals surface area contributed by atoms with Gasteiger partial charge in [-0.05, 0) is 42.6 Å². The molecule has 17 heavy (non-hydrogen) atoms. The van der Waals surface area contributed by atoms with E-state index in [0.29, 0.717) is 11.8 Å². The number of hydrogen-bond acceptors (Lipinski definition) is 2. The lowest BCUT2D eigenvalue weighted by molar-refractivity contribution is 0.463. The summed E-state index contributed by atoms with van der Waals surface area (Å²) in [5.74, 6) is 0.428. The fraction of sp³-hybridized carbons (Fsp3) is 0.333. The van der Waals surface area contributed by atoms with Gasteiger partial charge in [-0.3, -0.25) is 0 Å². The van der Waals surface area contributed by atoms with Crippen LogP contribution in [0.3, 0.4) is 0 Å². The van der Waals surface area contributed by atoms with Crippen LogP contribution >= 0.6 is 0 Å². The molecule has 1 unspecified atom stereocenters. The first-order valence-electron chi connectivity index (χ1n) is 6.27. The summed E-state index contributed by atoms with van der Waals surface area (Å²) in [6.07, 6.45) is 3.38. The summed E-state index contributed by atoms with van der Waals surface area (Å²) in [6, 6.07) is 12.6. The van der Waals surface area contributed by atoms with Crippen LogP contribution in [0.15, 0.2) is 36.4 Å². The molecular formula is C15H17NO. The molecule has 0 amide bonds. The zero-order valence-electron chi connectivity index (χ0n) is 9.82. The molecule has 1 heterocycles. The van der Waals surface area contributed by atoms with Gasteiger partial charge in [-0.1, -0.05) is 30.3 Å². The summed E-state index contributed by atoms with van der Waals surface area (Å²) in [7, 11) is 0. The number of aromatic hydroxyl groups is 1. The molecule has 2 N–H and O–H groups in total. The topological polar surface area (TPSA) is 32.3 Å². The molecule has 1 aliphatic rings. The maximum atomic E-state index is 10.0. The molecule has 2 nitrogen and oxygen atoms in total. The first-order valence-corrected chi connectivity index (χ1v) is 6.27. The van der Waals surface area contributed by atoms with Gasteiger partial charge in [0.25, 0.3) is 0 Å². The molecule has 2 heteroatoms. The predicted molar refractivity (Wildman–Crippen MR) is 70.3 cm³/mol. The predicted octanol–water partition coefficient (Wildman–Crippen LogP) is 2.84. The van der Waals surface area contributed by atoms with Gasteiger partial charge in [0, 0.05) is 11.6 Å². The molecule has 0 bridgehead atoms. The molecule has 88 valence electrons. The summed E-state index contributed by atoms with van der Waals surface area (Å²) in [4.78, 5) is 0. The Labute approximate surface area is 101 Å². The van der Waals surface area contributed by atoms with E-state index in [1.165, 1.54) is 23.6 Å². The van der Waals surface area contributed by atoms with Gasteiger partial charge < -0.3 is 10.4 Å². The lowest BCUT2D eigenvalue weighted by Gasteiger charge is -2.14. The third-order valence-corrected chi connectivity index (χ3v) is 3.63. The molecular weight excluding hydrogens is 210 g/mol. The van der Waals surface area contributed by atoms with E-state index in [1.807, 2.05) is 24.3 Å². The fourth-order valence-corrected chi connectivity index (χ4v) is 2.72. The number of hydrogen-bond donors (Lipinski definition) is 2. The number of nitrogens with one attached hydrogen (secondary N) is 1. The Balaban J connectivity index is 2.03. The quantitative estimate of drug-likeness (QED) is 0.827. The Morgan fingerprint density at radius 3 is 2.88 bits per heavy atom. The highest BCUT2D eigenvalue weighted by Gasteiger charge is 2.17. The van der Waals surface area contributed by atoms with E-state index in [0.717, 1.165) is 18.5 Å². The maximum absolute atomic E-state index is 10.0. The van der Waals surface area contributed by atoms with E-state index in [9.17, 15) is 5.11 Å². The van der Waals surface area contributed by atoms with Crippen molar-refractivity contribution in [1.82, 2.24) is 5.32 Å². The van der Waals surface area contributed by atoms with Gasteiger partial charge in [0.1, 0.15) is 5.75 Å². The van der Waals surface area contributed by atoms with Gasteiger partial charge in [0.05, 0.1) is 0 Å². The standard InChI is InChI=1S/C15H17NO/c17-15-8-7-11-4-1-2-6-13(11)14(15)10-12-5-3-9-16-12/h1-2,4,6-8,12,16-17H,3,5,9-10H2. The van der Waals surface area contributed by atoms with Gasteiger partial charge in [-0.2, -0.15) is 0 Å². The van der Waals surface area contributed by atoms with Crippen molar-refractivity contribution >= 4 is 10.8 Å². The largest absolute Gasteiger partial charge is 0.508 e. The number of benzene rings is 2. The van der Waals surface area contributed by atoms with E-state index in [2.05, 4.69) is 17.4 Å². The second-order valence-corrected chi connectivity index (χ2v) is 4.78. The Morgan fingerprint density at radius 2 is 2.06 bits per heavy atom. The number of rotatable bonds is 2. The molecule has 0 aromatic heterocycles. The van der Waals surface area contributed by atoms with E-state index >= 15 is 0 Å². The summed E-state index contributed by atoms with van der Waals surface area (Å²) >= 11 is 0. The minimum atomic E-state index is 0.428. The van der Waals surface area contributed by atoms with Crippen molar-refractivity contribution in [2.24, 2.45) is 0 Å². The normalized spacial score (nSPS) is 19.9. The summed E-state index contributed by atoms with van der Waals surface area (Å²) < 4.78 is 0. The molecule has 2 aromatic carbocycles. The van der Waals surface area contributed by atoms with Crippen LogP contribution in [0.25, 0.3) is 10.8 Å². The molecule has 1 aliphatic heterocycles. The molecule has 0 radical (unpaired) electrons. The number of fused-ring (bicyclic) bond motifs is 1. The summed E-state index contributed by atoms with van der Waals surface area (Å²) in [5.41, 5.74) is 1.09. The molecule has 0 saturated carbocycles. The molecule has 2 aromatic rings. The van der Waals surface area contributed by atoms with E-state index < -0.39 is 0 Å². The Hall–Kier alpha value is -1.54. The van der Waals surface area contributed by atoms with Gasteiger partial charge in [0.2, 0.25) is 0 Å². The zero-order valence-corrected chi connectivity index (χ0v) is 9.82. The minimum Gasteiger partial charge on any atom is -0.508 e. The van der Waals surface area contributed by atoms with Crippen molar-refractivity contribution in [2.75, 3.05) is 6.54 Å². The van der Waals surface area contributed by atoms with Crippen LogP contribution in [-0.4, -0.2) is 17.7 Å². The summed E-state index contributed by atoms with van der Waals surface area (Å²) in [6.45, 7) is 1.11. The van der Waals surface area contributed by atoms with Crippen molar-refractivity contribution in [3.63, 3.8) is 0 Å². The first kappa shape index (κ1) is 10.6. The molecule has 0 spiro atoms. The Bertz CT molecular complexity index is 529. The van der Waals surface area contributed by atoms with Crippen LogP contribution in [0, 0.1) is 0 Å². The van der Waals surface area contributed by atoms with E-state index in [1.54, 1.807) is 0 Å². The van der Waals surface area contributed by atoms with Gasteiger partial charge in [0.15, 0.2) is 0 Å². The van der Waals surface area contributed by atoms with Crippen LogP contribution in [0.5, 0.6) is 5.75 Å². The average Bonchev–Trinajstić information content (AvgIpc) is 2.86. The zero-order chi connectivity index (χ0) is 11.7. The SMILES string of the molecule is Oc1ccc2ccccc2c1CC1CCCN1. The van der Waals surface area contributed by atoms with E-state index in [4.69, 9.17) is 0 Å². The second-order valence-electron chi connectivity index (χ2n) is 4.78. The van der Waals surface area contributed by atoms with Crippen molar-refractivity contribution in [3.05, 3.63) is 42.0 Å². The third kappa shape index (κ3) is 2.01. The first-order chi connectivity index (χ1) is 8.34. The van der Waals surface area contributed by atoms with E-state index in [-0.39, 0.29) is 0 Å². The summed E-state index contributed by atoms with van der Waals surface area (Å²) in [5, 5.41) is 15.9. The van der Waals surface area contributed by atoms with Crippen LogP contribution in [-0.2, 0) is 6.42 Å². The molecule has 0 aliphatic carbocycles. The van der Waals surface area contributed by atoms with Crippen LogP contribution in [0.1, 0.15) is 18.4 Å². The maximum Gasteiger partial charge on any atom is 0.119 e. The van der Waals surface area contributed by atoms with Crippen molar-refractivity contribution < 1.29 is 5.11 Å². The average molecular weight is 227 g/mol. The van der Waals surface area contributed by atoms with Gasteiger partial charge >= 0.3 is 0 Å². The van der Waals surface area contributed by atoms with Crippen LogP contribution in [0.2, 0.25) is 0 Å². The van der Waals surface area contributed by atoms with Crippen molar-refractivity contribution in [2.45, 2.75) is 25.3 Å². The second kappa shape index (κ2) is 4.38. The van der Waals surface area contributed by atoms with Crippen LogP contribution in [0.4, 0.5) is 0 Å².